The summed E-state index contributed by atoms with van der Waals surface area (Å²) in [5.41, 5.74) is 2.29. The van der Waals surface area contributed by atoms with E-state index in [9.17, 15) is 0 Å². The van der Waals surface area contributed by atoms with Crippen LogP contribution in [-0.4, -0.2) is 4.98 Å². The number of rotatable bonds is 1. The Bertz CT molecular complexity index is 383. The van der Waals surface area contributed by atoms with Crippen LogP contribution in [0.4, 0.5) is 0 Å². The molecule has 0 atom stereocenters. The second kappa shape index (κ2) is 3.36. The number of hydrogen-bond donors (Lipinski definition) is 1. The first-order valence-electron chi connectivity index (χ1n) is 4.10. The minimum atomic E-state index is 0.836. The minimum Gasteiger partial charge on any atom is -0.358 e. The predicted octanol–water partition coefficient (Wildman–Crippen LogP) is 1.83. The van der Waals surface area contributed by atoms with Gasteiger partial charge in [-0.2, -0.15) is 0 Å². The second-order valence-corrected chi connectivity index (χ2v) is 3.50. The largest absolute Gasteiger partial charge is 0.358 e. The normalized spacial score (nSPS) is 10.3. The molecule has 0 radical (unpaired) electrons. The Morgan fingerprint density at radius 3 is 2.33 bits per heavy atom. The summed E-state index contributed by atoms with van der Waals surface area (Å²) in [7, 11) is 0. The number of halogens is 1. The van der Waals surface area contributed by atoms with Crippen molar-refractivity contribution in [1.82, 2.24) is 4.98 Å². The highest BCUT2D eigenvalue weighted by Gasteiger charge is 2.03. The van der Waals surface area contributed by atoms with Gasteiger partial charge in [0.15, 0.2) is 0 Å². The van der Waals surface area contributed by atoms with Crippen molar-refractivity contribution in [3.05, 3.63) is 21.3 Å². The van der Waals surface area contributed by atoms with Gasteiger partial charge in [-0.1, -0.05) is 30.7 Å². The SMILES string of the molecule is C=c1[nH]c(CC)c(Cl)c1=C(C)C. The summed E-state index contributed by atoms with van der Waals surface area (Å²) in [5.74, 6) is 0. The van der Waals surface area contributed by atoms with Crippen molar-refractivity contribution < 1.29 is 0 Å². The Labute approximate surface area is 77.8 Å². The molecule has 0 unspecified atom stereocenters. The highest BCUT2D eigenvalue weighted by Crippen LogP contribution is 2.07. The van der Waals surface area contributed by atoms with E-state index in [2.05, 4.69) is 18.5 Å². The fraction of sp³-hybridized carbons (Fsp3) is 0.400. The molecule has 1 aromatic heterocycles. The zero-order valence-electron chi connectivity index (χ0n) is 7.79. The molecule has 1 N–H and O–H groups in total. The smallest absolute Gasteiger partial charge is 0.0690 e. The fourth-order valence-corrected chi connectivity index (χ4v) is 1.83. The van der Waals surface area contributed by atoms with Gasteiger partial charge < -0.3 is 4.98 Å². The van der Waals surface area contributed by atoms with Gasteiger partial charge in [0, 0.05) is 16.3 Å². The van der Waals surface area contributed by atoms with E-state index >= 15 is 0 Å². The van der Waals surface area contributed by atoms with Crippen molar-refractivity contribution in [1.29, 1.82) is 0 Å². The first-order chi connectivity index (χ1) is 5.57. The van der Waals surface area contributed by atoms with Crippen LogP contribution in [0.5, 0.6) is 0 Å². The third-order valence-corrected chi connectivity index (χ3v) is 2.36. The minimum absolute atomic E-state index is 0.836. The molecular formula is C10H14ClN. The average Bonchev–Trinajstić information content (AvgIpc) is 2.25. The molecule has 0 aliphatic rings. The van der Waals surface area contributed by atoms with E-state index in [0.29, 0.717) is 0 Å². The second-order valence-electron chi connectivity index (χ2n) is 3.12. The van der Waals surface area contributed by atoms with Gasteiger partial charge in [-0.05, 0) is 20.3 Å². The van der Waals surface area contributed by atoms with E-state index in [1.54, 1.807) is 0 Å². The lowest BCUT2D eigenvalue weighted by Gasteiger charge is -1.90. The third-order valence-electron chi connectivity index (χ3n) is 1.94. The topological polar surface area (TPSA) is 15.8 Å². The summed E-state index contributed by atoms with van der Waals surface area (Å²) in [6.07, 6.45) is 0.925. The Morgan fingerprint density at radius 1 is 1.50 bits per heavy atom. The molecule has 1 nitrogen and oxygen atoms in total. The summed E-state index contributed by atoms with van der Waals surface area (Å²) in [6.45, 7) is 10.1. The molecule has 1 aromatic rings. The van der Waals surface area contributed by atoms with Crippen molar-refractivity contribution in [3.8, 4) is 0 Å². The van der Waals surface area contributed by atoms with E-state index in [0.717, 1.165) is 27.7 Å². The molecule has 12 heavy (non-hydrogen) atoms. The Kier molecular flexibility index (Phi) is 2.63. The molecule has 66 valence electrons. The monoisotopic (exact) mass is 183 g/mol. The van der Waals surface area contributed by atoms with Crippen molar-refractivity contribution in [2.24, 2.45) is 0 Å². The van der Waals surface area contributed by atoms with E-state index < -0.39 is 0 Å². The van der Waals surface area contributed by atoms with Crippen LogP contribution in [0.25, 0.3) is 12.2 Å². The maximum absolute atomic E-state index is 6.13. The zero-order valence-corrected chi connectivity index (χ0v) is 8.55. The van der Waals surface area contributed by atoms with Gasteiger partial charge in [-0.25, -0.2) is 0 Å². The van der Waals surface area contributed by atoms with Gasteiger partial charge in [-0.15, -0.1) is 0 Å². The predicted molar refractivity (Wildman–Crippen MR) is 54.7 cm³/mol. The van der Waals surface area contributed by atoms with Crippen molar-refractivity contribution in [3.63, 3.8) is 0 Å². The van der Waals surface area contributed by atoms with Crippen LogP contribution >= 0.6 is 11.6 Å². The summed E-state index contributed by atoms with van der Waals surface area (Å²) in [4.78, 5) is 3.18. The zero-order chi connectivity index (χ0) is 9.30. The van der Waals surface area contributed by atoms with Gasteiger partial charge in [-0.3, -0.25) is 0 Å². The van der Waals surface area contributed by atoms with E-state index in [1.807, 2.05) is 13.8 Å². The van der Waals surface area contributed by atoms with Gasteiger partial charge >= 0.3 is 0 Å². The van der Waals surface area contributed by atoms with E-state index in [4.69, 9.17) is 11.6 Å². The molecule has 1 heterocycles. The summed E-state index contributed by atoms with van der Waals surface area (Å²) in [6, 6.07) is 0. The molecular weight excluding hydrogens is 170 g/mol. The first-order valence-corrected chi connectivity index (χ1v) is 4.48. The highest BCUT2D eigenvalue weighted by atomic mass is 35.5. The molecule has 0 fully saturated rings. The van der Waals surface area contributed by atoms with Crippen molar-refractivity contribution >= 4 is 23.8 Å². The first kappa shape index (κ1) is 9.40. The van der Waals surface area contributed by atoms with Crippen LogP contribution in [0.15, 0.2) is 0 Å². The lowest BCUT2D eigenvalue weighted by Crippen LogP contribution is -2.22. The maximum atomic E-state index is 6.13. The molecule has 0 bridgehead atoms. The molecule has 0 spiro atoms. The maximum Gasteiger partial charge on any atom is 0.0690 e. The highest BCUT2D eigenvalue weighted by molar-refractivity contribution is 6.31. The van der Waals surface area contributed by atoms with Crippen LogP contribution in [0.1, 0.15) is 26.5 Å². The Balaban J connectivity index is 3.62. The summed E-state index contributed by atoms with van der Waals surface area (Å²) < 4.78 is 0. The molecule has 2 heteroatoms. The van der Waals surface area contributed by atoms with Crippen LogP contribution in [0, 0.1) is 0 Å². The molecule has 0 amide bonds. The molecule has 0 aromatic carbocycles. The van der Waals surface area contributed by atoms with Gasteiger partial charge in [0.05, 0.1) is 5.02 Å². The molecule has 0 aliphatic carbocycles. The standard InChI is InChI=1S/C10H14ClN/c1-5-8-10(11)9(6(2)3)7(4)12-8/h12H,4-5H2,1-3H3. The lowest BCUT2D eigenvalue weighted by atomic mass is 10.2. The van der Waals surface area contributed by atoms with Crippen LogP contribution in [-0.2, 0) is 6.42 Å². The number of aromatic amines is 1. The van der Waals surface area contributed by atoms with Gasteiger partial charge in [0.1, 0.15) is 0 Å². The van der Waals surface area contributed by atoms with Crippen LogP contribution in [0.2, 0.25) is 5.02 Å². The Hall–Kier alpha value is -0.690. The number of aryl methyl sites for hydroxylation is 1. The molecule has 0 saturated carbocycles. The molecule has 1 rings (SSSR count). The fourth-order valence-electron chi connectivity index (χ4n) is 1.35. The average molecular weight is 184 g/mol. The van der Waals surface area contributed by atoms with Gasteiger partial charge in [0.2, 0.25) is 0 Å². The Morgan fingerprint density at radius 2 is 2.08 bits per heavy atom. The molecule has 0 aliphatic heterocycles. The van der Waals surface area contributed by atoms with Crippen molar-refractivity contribution in [2.75, 3.05) is 0 Å². The summed E-state index contributed by atoms with van der Waals surface area (Å²) in [5, 5.41) is 2.84. The quantitative estimate of drug-likeness (QED) is 0.684. The number of nitrogens with one attached hydrogen (secondary N) is 1. The van der Waals surface area contributed by atoms with Crippen LogP contribution in [0.3, 0.4) is 0 Å². The number of H-pyrrole nitrogens is 1. The molecule has 0 saturated heterocycles. The number of hydrogen-bond acceptors (Lipinski definition) is 0. The number of aromatic nitrogens is 1. The summed E-state index contributed by atoms with van der Waals surface area (Å²) >= 11 is 6.13. The van der Waals surface area contributed by atoms with E-state index in [1.165, 1.54) is 5.57 Å². The van der Waals surface area contributed by atoms with E-state index in [-0.39, 0.29) is 0 Å². The van der Waals surface area contributed by atoms with Gasteiger partial charge in [0.25, 0.3) is 0 Å². The lowest BCUT2D eigenvalue weighted by molar-refractivity contribution is 1.05. The third kappa shape index (κ3) is 1.42. The van der Waals surface area contributed by atoms with Crippen LogP contribution < -0.4 is 10.6 Å². The van der Waals surface area contributed by atoms with Crippen molar-refractivity contribution in [2.45, 2.75) is 27.2 Å².